The number of pyridine rings is 1. The summed E-state index contributed by atoms with van der Waals surface area (Å²) in [6.07, 6.45) is 1.89. The van der Waals surface area contributed by atoms with Gasteiger partial charge in [0.1, 0.15) is 0 Å². The second-order valence-electron chi connectivity index (χ2n) is 4.77. The Kier molecular flexibility index (Phi) is 5.57. The van der Waals surface area contributed by atoms with Gasteiger partial charge in [-0.25, -0.2) is 0 Å². The summed E-state index contributed by atoms with van der Waals surface area (Å²) in [4.78, 5) is 12.3. The first-order valence-corrected chi connectivity index (χ1v) is 7.25. The van der Waals surface area contributed by atoms with Crippen molar-refractivity contribution in [3.8, 4) is 0 Å². The van der Waals surface area contributed by atoms with Crippen molar-refractivity contribution in [2.75, 3.05) is 0 Å². The monoisotopic (exact) mass is 395 g/mol. The molecule has 0 bridgehead atoms. The van der Waals surface area contributed by atoms with Crippen molar-refractivity contribution in [3.05, 3.63) is 76.4 Å². The second-order valence-corrected chi connectivity index (χ2v) is 5.64. The van der Waals surface area contributed by atoms with Crippen molar-refractivity contribution >= 4 is 39.9 Å². The van der Waals surface area contributed by atoms with Gasteiger partial charge in [-0.2, -0.15) is 4.57 Å². The van der Waals surface area contributed by atoms with Crippen LogP contribution >= 0.6 is 23.2 Å². The van der Waals surface area contributed by atoms with Crippen LogP contribution in [0.15, 0.2) is 60.8 Å². The highest BCUT2D eigenvalue weighted by Gasteiger charge is 2.15. The first-order valence-electron chi connectivity index (χ1n) is 6.50. The quantitative estimate of drug-likeness (QED) is 0.483. The Balaban J connectivity index is 0.00000176. The van der Waals surface area contributed by atoms with E-state index in [1.54, 1.807) is 24.3 Å². The summed E-state index contributed by atoms with van der Waals surface area (Å²) in [7, 11) is 0. The summed E-state index contributed by atoms with van der Waals surface area (Å²) in [5.41, 5.74) is 1.63. The van der Waals surface area contributed by atoms with E-state index >= 15 is 0 Å². The molecule has 0 N–H and O–H groups in total. The summed E-state index contributed by atoms with van der Waals surface area (Å²) < 4.78 is 1.92. The standard InChI is InChI=1S/C17H12Cl2NO.BrH/c18-14-5-3-12(4-6-14)17(21)11-20-9-1-2-13-10-15(19)7-8-16(13)20;/h1-10H,11H2;1H/q+1;/p-1. The highest BCUT2D eigenvalue weighted by Crippen LogP contribution is 2.16. The molecule has 0 saturated carbocycles. The number of nitrogens with zero attached hydrogens (tertiary/aromatic N) is 1. The number of Topliss-reactive ketones (excluding diaryl/α,β-unsaturated/α-hetero) is 1. The first-order chi connectivity index (χ1) is 10.1. The largest absolute Gasteiger partial charge is 1.00 e. The molecule has 2 nitrogen and oxygen atoms in total. The first kappa shape index (κ1) is 16.9. The minimum Gasteiger partial charge on any atom is -1.00 e. The van der Waals surface area contributed by atoms with E-state index in [1.807, 2.05) is 41.1 Å². The van der Waals surface area contributed by atoms with Crippen molar-refractivity contribution in [2.45, 2.75) is 6.54 Å². The molecular formula is C17H12BrCl2NO. The van der Waals surface area contributed by atoms with Gasteiger partial charge in [-0.1, -0.05) is 23.2 Å². The number of carbonyl (C=O) groups excluding carboxylic acids is 1. The lowest BCUT2D eigenvalue weighted by Gasteiger charge is -2.02. The second kappa shape index (κ2) is 7.23. The number of aromatic nitrogens is 1. The van der Waals surface area contributed by atoms with E-state index < -0.39 is 0 Å². The Morgan fingerprint density at radius 2 is 1.64 bits per heavy atom. The Bertz CT molecular complexity index is 819. The normalized spacial score (nSPS) is 10.3. The molecule has 0 atom stereocenters. The van der Waals surface area contributed by atoms with Crippen LogP contribution in [0.4, 0.5) is 0 Å². The van der Waals surface area contributed by atoms with Crippen molar-refractivity contribution in [1.82, 2.24) is 0 Å². The van der Waals surface area contributed by atoms with Gasteiger partial charge in [0, 0.05) is 33.1 Å². The number of halogens is 3. The Labute approximate surface area is 149 Å². The topological polar surface area (TPSA) is 20.9 Å². The predicted molar refractivity (Wildman–Crippen MR) is 84.9 cm³/mol. The molecule has 5 heteroatoms. The molecule has 1 aromatic heterocycles. The van der Waals surface area contributed by atoms with Crippen molar-refractivity contribution in [1.29, 1.82) is 0 Å². The van der Waals surface area contributed by atoms with E-state index in [1.165, 1.54) is 0 Å². The molecule has 3 rings (SSSR count). The molecule has 22 heavy (non-hydrogen) atoms. The van der Waals surface area contributed by atoms with Gasteiger partial charge >= 0.3 is 0 Å². The van der Waals surface area contributed by atoms with Gasteiger partial charge in [-0.15, -0.1) is 0 Å². The molecule has 0 fully saturated rings. The number of hydrogen-bond donors (Lipinski definition) is 0. The van der Waals surface area contributed by atoms with Crippen LogP contribution < -0.4 is 21.5 Å². The van der Waals surface area contributed by atoms with E-state index in [0.29, 0.717) is 15.6 Å². The highest BCUT2D eigenvalue weighted by atomic mass is 79.9. The van der Waals surface area contributed by atoms with Gasteiger partial charge < -0.3 is 17.0 Å². The van der Waals surface area contributed by atoms with Crippen LogP contribution in [-0.4, -0.2) is 5.78 Å². The molecule has 0 unspecified atom stereocenters. The van der Waals surface area contributed by atoms with Crippen molar-refractivity contribution < 1.29 is 26.3 Å². The third-order valence-electron chi connectivity index (χ3n) is 3.32. The zero-order valence-corrected chi connectivity index (χ0v) is 14.6. The number of benzene rings is 2. The molecule has 0 aliphatic carbocycles. The minimum absolute atomic E-state index is 0. The third kappa shape index (κ3) is 3.67. The highest BCUT2D eigenvalue weighted by molar-refractivity contribution is 6.31. The molecule has 112 valence electrons. The molecule has 0 saturated heterocycles. The van der Waals surface area contributed by atoms with Gasteiger partial charge in [0.15, 0.2) is 6.20 Å². The molecule has 0 aliphatic rings. The number of rotatable bonds is 3. The average molecular weight is 397 g/mol. The lowest BCUT2D eigenvalue weighted by atomic mass is 10.1. The molecule has 3 aromatic rings. The molecule has 2 aromatic carbocycles. The van der Waals surface area contributed by atoms with E-state index in [9.17, 15) is 4.79 Å². The van der Waals surface area contributed by atoms with Crippen LogP contribution in [0.5, 0.6) is 0 Å². The molecule has 0 radical (unpaired) electrons. The maximum atomic E-state index is 12.3. The van der Waals surface area contributed by atoms with Crippen LogP contribution in [0, 0.1) is 0 Å². The summed E-state index contributed by atoms with van der Waals surface area (Å²) in [6.45, 7) is 0.278. The minimum atomic E-state index is 0. The summed E-state index contributed by atoms with van der Waals surface area (Å²) in [6, 6.07) is 16.5. The molecule has 0 spiro atoms. The number of carbonyl (C=O) groups is 1. The van der Waals surface area contributed by atoms with E-state index in [4.69, 9.17) is 23.2 Å². The van der Waals surface area contributed by atoms with Gasteiger partial charge in [-0.05, 0) is 42.5 Å². The van der Waals surface area contributed by atoms with E-state index in [2.05, 4.69) is 0 Å². The fourth-order valence-electron chi connectivity index (χ4n) is 2.27. The lowest BCUT2D eigenvalue weighted by molar-refractivity contribution is -0.657. The molecule has 0 aliphatic heterocycles. The zero-order valence-electron chi connectivity index (χ0n) is 11.5. The third-order valence-corrected chi connectivity index (χ3v) is 3.81. The number of hydrogen-bond acceptors (Lipinski definition) is 1. The fraction of sp³-hybridized carbons (Fsp3) is 0.0588. The summed E-state index contributed by atoms with van der Waals surface area (Å²) >= 11 is 11.8. The number of ketones is 1. The van der Waals surface area contributed by atoms with Crippen molar-refractivity contribution in [2.24, 2.45) is 0 Å². The predicted octanol–water partition coefficient (Wildman–Crippen LogP) is 1.32. The van der Waals surface area contributed by atoms with E-state index in [0.717, 1.165) is 10.9 Å². The smallest absolute Gasteiger partial charge is 0.227 e. The SMILES string of the molecule is O=C(C[n+]1cccc2cc(Cl)ccc21)c1ccc(Cl)cc1.[Br-]. The lowest BCUT2D eigenvalue weighted by Crippen LogP contribution is -3.00. The Hall–Kier alpha value is -1.42. The molecular weight excluding hydrogens is 385 g/mol. The average Bonchev–Trinajstić information content (AvgIpc) is 2.47. The fourth-order valence-corrected chi connectivity index (χ4v) is 2.58. The Morgan fingerprint density at radius 3 is 2.36 bits per heavy atom. The van der Waals surface area contributed by atoms with Gasteiger partial charge in [0.2, 0.25) is 17.8 Å². The van der Waals surface area contributed by atoms with Crippen LogP contribution in [0.3, 0.4) is 0 Å². The Morgan fingerprint density at radius 1 is 0.955 bits per heavy atom. The van der Waals surface area contributed by atoms with Crippen molar-refractivity contribution in [3.63, 3.8) is 0 Å². The van der Waals surface area contributed by atoms with Crippen LogP contribution in [0.1, 0.15) is 10.4 Å². The maximum Gasteiger partial charge on any atom is 0.227 e. The van der Waals surface area contributed by atoms with Gasteiger partial charge in [0.05, 0.1) is 0 Å². The van der Waals surface area contributed by atoms with Gasteiger partial charge in [0.25, 0.3) is 0 Å². The summed E-state index contributed by atoms with van der Waals surface area (Å²) in [5, 5.41) is 2.32. The zero-order chi connectivity index (χ0) is 14.8. The molecule has 0 amide bonds. The maximum absolute atomic E-state index is 12.3. The van der Waals surface area contributed by atoms with Crippen LogP contribution in [0.2, 0.25) is 10.0 Å². The van der Waals surface area contributed by atoms with Crippen LogP contribution in [-0.2, 0) is 6.54 Å². The van der Waals surface area contributed by atoms with Gasteiger partial charge in [-0.3, -0.25) is 4.79 Å². The summed E-state index contributed by atoms with van der Waals surface area (Å²) in [5.74, 6) is 0.0408. The van der Waals surface area contributed by atoms with E-state index in [-0.39, 0.29) is 29.3 Å². The molecule has 1 heterocycles. The van der Waals surface area contributed by atoms with Crippen LogP contribution in [0.25, 0.3) is 10.9 Å². The number of fused-ring (bicyclic) bond motifs is 1.